The molecule has 0 aliphatic carbocycles. The highest BCUT2D eigenvalue weighted by Gasteiger charge is 2.09. The molecule has 0 saturated heterocycles. The van der Waals surface area contributed by atoms with Crippen LogP contribution in [0.15, 0.2) is 12.2 Å². The summed E-state index contributed by atoms with van der Waals surface area (Å²) in [5.74, 6) is 0.320. The number of allylic oxidation sites excluding steroid dienone is 1. The summed E-state index contributed by atoms with van der Waals surface area (Å²) in [7, 11) is 0. The Morgan fingerprint density at radius 1 is 1.50 bits per heavy atom. The highest BCUT2D eigenvalue weighted by atomic mass is 16.1. The van der Waals surface area contributed by atoms with E-state index in [0.717, 1.165) is 18.4 Å². The summed E-state index contributed by atoms with van der Waals surface area (Å²) in [6.07, 6.45) is 1.86. The number of carbonyl (C=O) groups excluding carboxylic acids is 1. The minimum Gasteiger partial charge on any atom is -0.294 e. The zero-order chi connectivity index (χ0) is 8.15. The second-order valence-electron chi connectivity index (χ2n) is 2.87. The van der Waals surface area contributed by atoms with E-state index in [9.17, 15) is 4.79 Å². The lowest BCUT2D eigenvalue weighted by Gasteiger charge is -2.04. The van der Waals surface area contributed by atoms with Gasteiger partial charge in [-0.2, -0.15) is 0 Å². The molecule has 0 saturated carbocycles. The maximum atomic E-state index is 11.1. The lowest BCUT2D eigenvalue weighted by Crippen LogP contribution is -2.08. The van der Waals surface area contributed by atoms with Crippen LogP contribution in [-0.4, -0.2) is 5.78 Å². The topological polar surface area (TPSA) is 17.1 Å². The second kappa shape index (κ2) is 4.26. The fourth-order valence-corrected chi connectivity index (χ4v) is 0.833. The van der Waals surface area contributed by atoms with Crippen LogP contribution in [0.2, 0.25) is 0 Å². The largest absolute Gasteiger partial charge is 0.294 e. The van der Waals surface area contributed by atoms with E-state index in [1.165, 1.54) is 0 Å². The van der Waals surface area contributed by atoms with Crippen molar-refractivity contribution in [3.8, 4) is 0 Å². The van der Waals surface area contributed by atoms with Crippen LogP contribution in [0.5, 0.6) is 0 Å². The molecule has 0 fully saturated rings. The molecular weight excluding hydrogens is 124 g/mol. The molecule has 0 aromatic heterocycles. The van der Waals surface area contributed by atoms with Crippen LogP contribution in [-0.2, 0) is 4.79 Å². The van der Waals surface area contributed by atoms with Gasteiger partial charge in [-0.05, 0) is 12.0 Å². The smallest absolute Gasteiger partial charge is 0.160 e. The Labute approximate surface area is 63.1 Å². The normalized spacial score (nSPS) is 10.0. The summed E-state index contributed by atoms with van der Waals surface area (Å²) in [5, 5.41) is 0. The molecule has 0 unspecified atom stereocenters. The SMILES string of the molecule is C=C(CCC)C(=O)C(C)C. The summed E-state index contributed by atoms with van der Waals surface area (Å²) >= 11 is 0. The van der Waals surface area contributed by atoms with Crippen LogP contribution in [0.25, 0.3) is 0 Å². The predicted molar refractivity (Wildman–Crippen MR) is 43.9 cm³/mol. The van der Waals surface area contributed by atoms with Gasteiger partial charge < -0.3 is 0 Å². The van der Waals surface area contributed by atoms with Crippen molar-refractivity contribution in [2.75, 3.05) is 0 Å². The highest BCUT2D eigenvalue weighted by Crippen LogP contribution is 2.08. The Kier molecular flexibility index (Phi) is 4.01. The molecular formula is C9H16O. The van der Waals surface area contributed by atoms with E-state index in [0.29, 0.717) is 0 Å². The first-order valence-corrected chi connectivity index (χ1v) is 3.81. The quantitative estimate of drug-likeness (QED) is 0.548. The summed E-state index contributed by atoms with van der Waals surface area (Å²) < 4.78 is 0. The van der Waals surface area contributed by atoms with Crippen molar-refractivity contribution < 1.29 is 4.79 Å². The minimum absolute atomic E-state index is 0.110. The average Bonchev–Trinajstić information content (AvgIpc) is 1.87. The first kappa shape index (κ1) is 9.41. The first-order valence-electron chi connectivity index (χ1n) is 3.81. The number of hydrogen-bond donors (Lipinski definition) is 0. The summed E-state index contributed by atoms with van der Waals surface area (Å²) in [4.78, 5) is 11.1. The fourth-order valence-electron chi connectivity index (χ4n) is 0.833. The van der Waals surface area contributed by atoms with Gasteiger partial charge in [0.1, 0.15) is 0 Å². The molecule has 0 spiro atoms. The van der Waals surface area contributed by atoms with Crippen LogP contribution < -0.4 is 0 Å². The molecule has 1 heteroatoms. The Bertz CT molecular complexity index is 134. The van der Waals surface area contributed by atoms with E-state index < -0.39 is 0 Å². The molecule has 1 nitrogen and oxygen atoms in total. The van der Waals surface area contributed by atoms with Crippen LogP contribution in [0.1, 0.15) is 33.6 Å². The lowest BCUT2D eigenvalue weighted by atomic mass is 9.99. The van der Waals surface area contributed by atoms with Crippen molar-refractivity contribution in [1.82, 2.24) is 0 Å². The van der Waals surface area contributed by atoms with E-state index in [1.807, 2.05) is 13.8 Å². The summed E-state index contributed by atoms with van der Waals surface area (Å²) in [6, 6.07) is 0. The number of hydrogen-bond acceptors (Lipinski definition) is 1. The third-order valence-corrected chi connectivity index (χ3v) is 1.42. The van der Waals surface area contributed by atoms with Gasteiger partial charge in [-0.3, -0.25) is 4.79 Å². The Morgan fingerprint density at radius 3 is 2.30 bits per heavy atom. The van der Waals surface area contributed by atoms with Gasteiger partial charge in [0.05, 0.1) is 0 Å². The van der Waals surface area contributed by atoms with Gasteiger partial charge in [0.25, 0.3) is 0 Å². The van der Waals surface area contributed by atoms with Gasteiger partial charge in [-0.15, -0.1) is 0 Å². The lowest BCUT2D eigenvalue weighted by molar-refractivity contribution is -0.118. The van der Waals surface area contributed by atoms with Gasteiger partial charge in [0.2, 0.25) is 0 Å². The summed E-state index contributed by atoms with van der Waals surface area (Å²) in [6.45, 7) is 9.58. The van der Waals surface area contributed by atoms with Crippen molar-refractivity contribution in [2.45, 2.75) is 33.6 Å². The Hall–Kier alpha value is -0.590. The van der Waals surface area contributed by atoms with Crippen molar-refractivity contribution in [2.24, 2.45) is 5.92 Å². The van der Waals surface area contributed by atoms with E-state index in [2.05, 4.69) is 13.5 Å². The maximum Gasteiger partial charge on any atom is 0.160 e. The molecule has 0 amide bonds. The summed E-state index contributed by atoms with van der Waals surface area (Å²) in [5.41, 5.74) is 0.775. The van der Waals surface area contributed by atoms with Crippen molar-refractivity contribution >= 4 is 5.78 Å². The van der Waals surface area contributed by atoms with E-state index in [1.54, 1.807) is 0 Å². The van der Waals surface area contributed by atoms with Crippen molar-refractivity contribution in [1.29, 1.82) is 0 Å². The monoisotopic (exact) mass is 140 g/mol. The molecule has 0 aromatic rings. The minimum atomic E-state index is 0.110. The molecule has 0 atom stereocenters. The average molecular weight is 140 g/mol. The standard InChI is InChI=1S/C9H16O/c1-5-6-8(4)9(10)7(2)3/h7H,4-6H2,1-3H3. The van der Waals surface area contributed by atoms with Crippen LogP contribution >= 0.6 is 0 Å². The zero-order valence-electron chi connectivity index (χ0n) is 7.11. The molecule has 0 aromatic carbocycles. The molecule has 0 radical (unpaired) electrons. The third-order valence-electron chi connectivity index (χ3n) is 1.42. The zero-order valence-corrected chi connectivity index (χ0v) is 7.11. The van der Waals surface area contributed by atoms with Gasteiger partial charge in [-0.1, -0.05) is 33.8 Å². The first-order chi connectivity index (χ1) is 4.59. The number of Topliss-reactive ketones (excluding diaryl/α,β-unsaturated/α-hetero) is 1. The molecule has 0 N–H and O–H groups in total. The van der Waals surface area contributed by atoms with Crippen LogP contribution in [0.4, 0.5) is 0 Å². The Morgan fingerprint density at radius 2 is 2.00 bits per heavy atom. The molecule has 0 heterocycles. The van der Waals surface area contributed by atoms with E-state index in [4.69, 9.17) is 0 Å². The van der Waals surface area contributed by atoms with E-state index >= 15 is 0 Å². The third kappa shape index (κ3) is 2.81. The second-order valence-corrected chi connectivity index (χ2v) is 2.87. The fraction of sp³-hybridized carbons (Fsp3) is 0.667. The molecule has 0 bridgehead atoms. The number of ketones is 1. The van der Waals surface area contributed by atoms with Gasteiger partial charge in [0, 0.05) is 5.92 Å². The number of carbonyl (C=O) groups is 1. The molecule has 0 aliphatic rings. The predicted octanol–water partition coefficient (Wildman–Crippen LogP) is 2.57. The molecule has 0 aliphatic heterocycles. The number of rotatable bonds is 4. The molecule has 10 heavy (non-hydrogen) atoms. The van der Waals surface area contributed by atoms with Crippen LogP contribution in [0.3, 0.4) is 0 Å². The van der Waals surface area contributed by atoms with Crippen molar-refractivity contribution in [3.63, 3.8) is 0 Å². The highest BCUT2D eigenvalue weighted by molar-refractivity contribution is 5.95. The van der Waals surface area contributed by atoms with Gasteiger partial charge in [0.15, 0.2) is 5.78 Å². The van der Waals surface area contributed by atoms with Gasteiger partial charge >= 0.3 is 0 Å². The van der Waals surface area contributed by atoms with E-state index in [-0.39, 0.29) is 11.7 Å². The molecule has 58 valence electrons. The molecule has 0 rings (SSSR count). The van der Waals surface area contributed by atoms with Gasteiger partial charge in [-0.25, -0.2) is 0 Å². The van der Waals surface area contributed by atoms with Crippen molar-refractivity contribution in [3.05, 3.63) is 12.2 Å². The maximum absolute atomic E-state index is 11.1. The Balaban J connectivity index is 3.83. The van der Waals surface area contributed by atoms with Crippen LogP contribution in [0, 0.1) is 5.92 Å².